The second kappa shape index (κ2) is 33.0. The first kappa shape index (κ1) is 71.9. The van der Waals surface area contributed by atoms with Crippen LogP contribution in [-0.4, -0.2) is 204 Å². The lowest BCUT2D eigenvalue weighted by Gasteiger charge is -2.41. The van der Waals surface area contributed by atoms with E-state index < -0.39 is 162 Å². The molecule has 0 radical (unpaired) electrons. The number of nitrogens with one attached hydrogen (secondary N) is 4. The van der Waals surface area contributed by atoms with Crippen molar-refractivity contribution in [1.29, 1.82) is 0 Å². The van der Waals surface area contributed by atoms with E-state index in [1.807, 2.05) is 44.2 Å². The Hall–Kier alpha value is -7.59. The van der Waals surface area contributed by atoms with Crippen molar-refractivity contribution in [3.05, 3.63) is 65.7 Å². The highest BCUT2D eigenvalue weighted by molar-refractivity contribution is 6.00. The predicted octanol–water partition coefficient (Wildman–Crippen LogP) is 3.55. The van der Waals surface area contributed by atoms with Gasteiger partial charge in [0.1, 0.15) is 54.1 Å². The minimum Gasteiger partial charge on any atom is -0.497 e. The Balaban J connectivity index is 1.89. The molecular formula is C64H98N10O13. The summed E-state index contributed by atoms with van der Waals surface area (Å²) < 4.78 is 11.2. The Morgan fingerprint density at radius 2 is 1.16 bits per heavy atom. The predicted molar refractivity (Wildman–Crippen MR) is 328 cm³/mol. The Morgan fingerprint density at radius 1 is 0.609 bits per heavy atom. The molecule has 2 saturated heterocycles. The van der Waals surface area contributed by atoms with E-state index in [1.165, 1.54) is 68.9 Å². The van der Waals surface area contributed by atoms with Crippen LogP contribution in [0.3, 0.4) is 0 Å². The van der Waals surface area contributed by atoms with Crippen molar-refractivity contribution in [1.82, 2.24) is 50.7 Å². The summed E-state index contributed by atoms with van der Waals surface area (Å²) in [6, 6.07) is 5.59. The van der Waals surface area contributed by atoms with Crippen LogP contribution in [0.25, 0.3) is 0 Å². The van der Waals surface area contributed by atoms with E-state index in [0.29, 0.717) is 37.0 Å². The fourth-order valence-electron chi connectivity index (χ4n) is 11.5. The first-order valence-electron chi connectivity index (χ1n) is 30.6. The number of ether oxygens (including phenoxy) is 2. The Labute approximate surface area is 514 Å². The number of carbonyl (C=O) groups excluding carboxylic acids is 11. The summed E-state index contributed by atoms with van der Waals surface area (Å²) in [4.78, 5) is 169. The molecule has 2 aromatic rings. The standard InChI is InChI=1S/C64H98N10O13/c1-18-40(9)54-56(77)66-36-50(76)70(13)52(38(5)6)57(78)67-46(33-43-28-30-45(86-17)31-29-43)64(85)87-42(11)59(80)74-32-24-23-27-47(74)60(81)71(14)53(39(7)8)58(79)68-51(37(3)4)62(83)69(12)48(34-49(75)65-35-44-25-21-20-22-26-44)61(82)73(16)55(41(10)19-2)63(84)72(54)15/h20-22,25-26,28-31,37-42,46-48,51-55H,18-19,23-24,27,32-36H2,1-17H3,(H,65,75)(H,66,77)(H,67,78)(H,68,79)/t40-,41-,42+,46-,47-,48-,51-,52-,53-,54-,55-/m0/s1. The highest BCUT2D eigenvalue weighted by Crippen LogP contribution is 2.27. The van der Waals surface area contributed by atoms with E-state index >= 15 is 14.4 Å². The van der Waals surface area contributed by atoms with Crippen molar-refractivity contribution in [2.24, 2.45) is 29.6 Å². The van der Waals surface area contributed by atoms with Crippen LogP contribution < -0.4 is 26.0 Å². The summed E-state index contributed by atoms with van der Waals surface area (Å²) >= 11 is 0. The number of amides is 10. The maximum atomic E-state index is 15.3. The number of rotatable bonds is 14. The summed E-state index contributed by atoms with van der Waals surface area (Å²) in [5.41, 5.74) is 1.36. The molecule has 23 heteroatoms. The fraction of sp³-hybridized carbons (Fsp3) is 0.641. The highest BCUT2D eigenvalue weighted by Gasteiger charge is 2.46. The molecule has 11 atom stereocenters. The van der Waals surface area contributed by atoms with E-state index in [9.17, 15) is 38.4 Å². The number of hydrogen-bond donors (Lipinski definition) is 4. The van der Waals surface area contributed by atoms with E-state index in [1.54, 1.807) is 79.7 Å². The van der Waals surface area contributed by atoms with Crippen molar-refractivity contribution < 1.29 is 62.2 Å². The van der Waals surface area contributed by atoms with Crippen LogP contribution in [0.2, 0.25) is 0 Å². The number of cyclic esters (lactones) is 1. The number of carbonyl (C=O) groups is 11. The minimum absolute atomic E-state index is 0.0979. The molecule has 0 aromatic heterocycles. The van der Waals surface area contributed by atoms with Gasteiger partial charge in [-0.25, -0.2) is 4.79 Å². The number of piperidine rings is 1. The first-order valence-corrected chi connectivity index (χ1v) is 30.6. The van der Waals surface area contributed by atoms with E-state index in [2.05, 4.69) is 21.3 Å². The lowest BCUT2D eigenvalue weighted by molar-refractivity contribution is -0.165. The third-order valence-electron chi connectivity index (χ3n) is 17.2. The number of likely N-dealkylation sites (N-methyl/N-ethyl adjacent to an activating group) is 5. The molecule has 2 heterocycles. The van der Waals surface area contributed by atoms with E-state index in [-0.39, 0.29) is 25.9 Å². The third kappa shape index (κ3) is 18.5. The number of benzene rings is 2. The molecule has 0 bridgehead atoms. The number of hydrogen-bond acceptors (Lipinski definition) is 13. The second-order valence-electron chi connectivity index (χ2n) is 24.5. The molecule has 4 rings (SSSR count). The van der Waals surface area contributed by atoms with Crippen molar-refractivity contribution >= 4 is 65.0 Å². The monoisotopic (exact) mass is 1210 g/mol. The van der Waals surface area contributed by atoms with Crippen LogP contribution in [0.15, 0.2) is 54.6 Å². The SMILES string of the molecule is CC[C@H](C)[C@H]1C(=O)NCC(=O)N(C)[C@@H](C(C)C)C(=O)N[C@@H](Cc2ccc(OC)cc2)C(=O)O[C@H](C)C(=O)N2CCCC[C@H]2C(=O)N(C)[C@@H](C(C)C)C(=O)N[C@@H](C(C)C)C(=O)N(C)[C@@H](CC(=O)NCc2ccccc2)C(=O)N(C)[C@@H]([C@@H](C)CC)C(=O)N1C. The Kier molecular flexibility index (Phi) is 27.2. The smallest absolute Gasteiger partial charge is 0.329 e. The summed E-state index contributed by atoms with van der Waals surface area (Å²) in [6.07, 6.45) is -0.0907. The molecule has 4 N–H and O–H groups in total. The van der Waals surface area contributed by atoms with Gasteiger partial charge in [-0.05, 0) is 79.0 Å². The number of nitrogens with zero attached hydrogens (tertiary/aromatic N) is 6. The number of methoxy groups -OCH3 is 1. The van der Waals surface area contributed by atoms with Gasteiger partial charge in [-0.2, -0.15) is 0 Å². The molecule has 87 heavy (non-hydrogen) atoms. The van der Waals surface area contributed by atoms with Gasteiger partial charge in [-0.15, -0.1) is 0 Å². The number of esters is 1. The first-order chi connectivity index (χ1) is 40.9. The average Bonchev–Trinajstić information content (AvgIpc) is 3.21. The van der Waals surface area contributed by atoms with Crippen LogP contribution in [0.5, 0.6) is 5.75 Å². The fourth-order valence-corrected chi connectivity index (χ4v) is 11.5. The van der Waals surface area contributed by atoms with Crippen molar-refractivity contribution in [2.75, 3.05) is 55.4 Å². The van der Waals surface area contributed by atoms with Crippen molar-refractivity contribution in [3.63, 3.8) is 0 Å². The van der Waals surface area contributed by atoms with E-state index in [0.717, 1.165) is 15.4 Å². The lowest BCUT2D eigenvalue weighted by Crippen LogP contribution is -2.63. The maximum absolute atomic E-state index is 15.3. The molecular weight excluding hydrogens is 1120 g/mol. The normalized spacial score (nSPS) is 25.4. The van der Waals surface area contributed by atoms with Crippen molar-refractivity contribution in [2.45, 2.75) is 182 Å². The second-order valence-corrected chi connectivity index (χ2v) is 24.5. The quantitative estimate of drug-likeness (QED) is 0.197. The topological polar surface area (TPSA) is 274 Å². The molecule has 2 aromatic carbocycles. The average molecular weight is 1220 g/mol. The van der Waals surface area contributed by atoms with Crippen molar-refractivity contribution in [3.8, 4) is 5.75 Å². The summed E-state index contributed by atoms with van der Waals surface area (Å²) in [5.74, 6) is -10.1. The van der Waals surface area contributed by atoms with Gasteiger partial charge < -0.3 is 60.1 Å². The molecule has 10 amide bonds. The van der Waals surface area contributed by atoms with Gasteiger partial charge >= 0.3 is 5.97 Å². The Morgan fingerprint density at radius 3 is 1.72 bits per heavy atom. The highest BCUT2D eigenvalue weighted by atomic mass is 16.5. The maximum Gasteiger partial charge on any atom is 0.329 e. The summed E-state index contributed by atoms with van der Waals surface area (Å²) in [6.45, 7) is 18.4. The third-order valence-corrected chi connectivity index (χ3v) is 17.2. The van der Waals surface area contributed by atoms with Crippen LogP contribution in [0.1, 0.15) is 126 Å². The molecule has 2 aliphatic heterocycles. The molecule has 2 aliphatic rings. The molecule has 23 nitrogen and oxygen atoms in total. The van der Waals surface area contributed by atoms with Crippen LogP contribution in [0, 0.1) is 29.6 Å². The minimum atomic E-state index is -1.55. The molecule has 0 spiro atoms. The Bertz CT molecular complexity index is 2730. The van der Waals surface area contributed by atoms with Gasteiger partial charge in [0.05, 0.1) is 20.1 Å². The molecule has 0 unspecified atom stereocenters. The van der Waals surface area contributed by atoms with Gasteiger partial charge in [-0.3, -0.25) is 47.9 Å². The van der Waals surface area contributed by atoms with Crippen LogP contribution in [-0.2, 0) is 70.4 Å². The van der Waals surface area contributed by atoms with Gasteiger partial charge in [0, 0.05) is 54.7 Å². The van der Waals surface area contributed by atoms with Crippen LogP contribution in [0.4, 0.5) is 0 Å². The van der Waals surface area contributed by atoms with Gasteiger partial charge in [0.2, 0.25) is 53.2 Å². The molecule has 0 saturated carbocycles. The summed E-state index contributed by atoms with van der Waals surface area (Å²) in [5, 5.41) is 11.2. The zero-order valence-corrected chi connectivity index (χ0v) is 54.3. The molecule has 2 fully saturated rings. The van der Waals surface area contributed by atoms with Gasteiger partial charge in [0.15, 0.2) is 6.10 Å². The lowest BCUT2D eigenvalue weighted by atomic mass is 9.92. The zero-order valence-electron chi connectivity index (χ0n) is 54.3. The van der Waals surface area contributed by atoms with Gasteiger partial charge in [0.25, 0.3) is 5.91 Å². The molecule has 0 aliphatic carbocycles. The van der Waals surface area contributed by atoms with Gasteiger partial charge in [-0.1, -0.05) is 125 Å². The zero-order chi connectivity index (χ0) is 65.3. The number of fused-ring (bicyclic) bond motifs is 1. The molecule has 482 valence electrons. The van der Waals surface area contributed by atoms with E-state index in [4.69, 9.17) is 9.47 Å². The van der Waals surface area contributed by atoms with Crippen LogP contribution >= 0.6 is 0 Å². The summed E-state index contributed by atoms with van der Waals surface area (Å²) in [7, 11) is 8.52. The largest absolute Gasteiger partial charge is 0.497 e.